The third kappa shape index (κ3) is 5.81. The van der Waals surface area contributed by atoms with Gasteiger partial charge in [-0.1, -0.05) is 54.6 Å². The summed E-state index contributed by atoms with van der Waals surface area (Å²) in [7, 11) is 3.58. The Morgan fingerprint density at radius 3 is 2.22 bits per heavy atom. The number of hydrogen-bond donors (Lipinski definition) is 1. The molecule has 0 saturated carbocycles. The van der Waals surface area contributed by atoms with Gasteiger partial charge in [0.1, 0.15) is 0 Å². The molecule has 1 saturated heterocycles. The second-order valence-corrected chi connectivity index (χ2v) is 6.90. The van der Waals surface area contributed by atoms with Gasteiger partial charge < -0.3 is 15.0 Å². The number of aliphatic imine (C=N–C) groups is 1. The van der Waals surface area contributed by atoms with Gasteiger partial charge in [-0.05, 0) is 16.7 Å². The molecule has 1 fully saturated rings. The van der Waals surface area contributed by atoms with E-state index in [1.807, 2.05) is 7.05 Å². The number of hydrogen-bond acceptors (Lipinski definition) is 3. The molecule has 0 aromatic heterocycles. The fourth-order valence-corrected chi connectivity index (χ4v) is 3.39. The summed E-state index contributed by atoms with van der Waals surface area (Å²) in [4.78, 5) is 9.33. The van der Waals surface area contributed by atoms with Crippen LogP contribution in [-0.2, 0) is 24.4 Å². The molecule has 144 valence electrons. The Hall–Kier alpha value is -2.37. The highest BCUT2D eigenvalue weighted by molar-refractivity contribution is 5.80. The van der Waals surface area contributed by atoms with Gasteiger partial charge >= 0.3 is 0 Å². The molecule has 1 N–H and O–H groups in total. The Morgan fingerprint density at radius 1 is 0.926 bits per heavy atom. The average Bonchev–Trinajstić information content (AvgIpc) is 2.72. The number of guanidine groups is 1. The third-order valence-corrected chi connectivity index (χ3v) is 4.92. The fourth-order valence-electron chi connectivity index (χ4n) is 3.39. The summed E-state index contributed by atoms with van der Waals surface area (Å²) >= 11 is 0. The standard InChI is InChI=1S/C22H30N4O/c1-23-22(24-16-19-8-10-21(11-9-19)18-27-2)26-14-12-25(13-15-26)17-20-6-4-3-5-7-20/h3-11H,12-18H2,1-2H3,(H,23,24). The van der Waals surface area contributed by atoms with Crippen LogP contribution in [0.1, 0.15) is 16.7 Å². The van der Waals surface area contributed by atoms with Crippen LogP contribution in [0.4, 0.5) is 0 Å². The molecule has 0 unspecified atom stereocenters. The molecule has 1 aliphatic heterocycles. The van der Waals surface area contributed by atoms with Crippen molar-refractivity contribution >= 4 is 5.96 Å². The molecule has 0 bridgehead atoms. The van der Waals surface area contributed by atoms with E-state index in [1.165, 1.54) is 16.7 Å². The minimum atomic E-state index is 0.655. The Morgan fingerprint density at radius 2 is 1.59 bits per heavy atom. The molecule has 1 aliphatic rings. The second-order valence-electron chi connectivity index (χ2n) is 6.90. The van der Waals surface area contributed by atoms with Gasteiger partial charge in [0.2, 0.25) is 0 Å². The molecular weight excluding hydrogens is 336 g/mol. The lowest BCUT2D eigenvalue weighted by Gasteiger charge is -2.36. The molecule has 0 atom stereocenters. The van der Waals surface area contributed by atoms with Gasteiger partial charge in [0.15, 0.2) is 5.96 Å². The number of ether oxygens (including phenoxy) is 1. The quantitative estimate of drug-likeness (QED) is 0.630. The van der Waals surface area contributed by atoms with Crippen LogP contribution in [0.3, 0.4) is 0 Å². The van der Waals surface area contributed by atoms with Gasteiger partial charge in [-0.3, -0.25) is 9.89 Å². The Balaban J connectivity index is 1.46. The van der Waals surface area contributed by atoms with Gasteiger partial charge in [0, 0.05) is 53.4 Å². The van der Waals surface area contributed by atoms with Gasteiger partial charge in [-0.15, -0.1) is 0 Å². The highest BCUT2D eigenvalue weighted by Gasteiger charge is 2.19. The molecule has 2 aromatic rings. The zero-order chi connectivity index (χ0) is 18.9. The Labute approximate surface area is 162 Å². The lowest BCUT2D eigenvalue weighted by atomic mass is 10.1. The topological polar surface area (TPSA) is 40.1 Å². The van der Waals surface area contributed by atoms with Crippen LogP contribution in [-0.4, -0.2) is 56.1 Å². The monoisotopic (exact) mass is 366 g/mol. The summed E-state index contributed by atoms with van der Waals surface area (Å²) in [5, 5.41) is 3.50. The first-order chi connectivity index (χ1) is 13.3. The van der Waals surface area contributed by atoms with Crippen LogP contribution in [0.25, 0.3) is 0 Å². The number of benzene rings is 2. The predicted octanol–water partition coefficient (Wildman–Crippen LogP) is 2.73. The normalized spacial score (nSPS) is 15.8. The van der Waals surface area contributed by atoms with E-state index in [9.17, 15) is 0 Å². The summed E-state index contributed by atoms with van der Waals surface area (Å²) < 4.78 is 5.16. The number of rotatable bonds is 6. The van der Waals surface area contributed by atoms with Crippen LogP contribution in [0.5, 0.6) is 0 Å². The maximum atomic E-state index is 5.16. The maximum Gasteiger partial charge on any atom is 0.194 e. The summed E-state index contributed by atoms with van der Waals surface area (Å²) in [6.07, 6.45) is 0. The van der Waals surface area contributed by atoms with E-state index in [-0.39, 0.29) is 0 Å². The molecule has 0 aliphatic carbocycles. The van der Waals surface area contributed by atoms with E-state index in [0.29, 0.717) is 6.61 Å². The summed E-state index contributed by atoms with van der Waals surface area (Å²) in [6.45, 7) is 6.57. The molecule has 5 heteroatoms. The Bertz CT molecular complexity index is 707. The van der Waals surface area contributed by atoms with Crippen LogP contribution >= 0.6 is 0 Å². The number of methoxy groups -OCH3 is 1. The molecule has 3 rings (SSSR count). The molecule has 0 radical (unpaired) electrons. The lowest BCUT2D eigenvalue weighted by molar-refractivity contribution is 0.172. The zero-order valence-electron chi connectivity index (χ0n) is 16.4. The highest BCUT2D eigenvalue weighted by atomic mass is 16.5. The van der Waals surface area contributed by atoms with Gasteiger partial charge in [-0.25, -0.2) is 0 Å². The molecule has 1 heterocycles. The highest BCUT2D eigenvalue weighted by Crippen LogP contribution is 2.09. The van der Waals surface area contributed by atoms with Crippen LogP contribution in [0, 0.1) is 0 Å². The minimum Gasteiger partial charge on any atom is -0.380 e. The second kappa shape index (κ2) is 10.1. The summed E-state index contributed by atoms with van der Waals surface area (Å²) in [5.74, 6) is 0.982. The average molecular weight is 367 g/mol. The molecule has 5 nitrogen and oxygen atoms in total. The first-order valence-electron chi connectivity index (χ1n) is 9.57. The van der Waals surface area contributed by atoms with E-state index in [4.69, 9.17) is 4.74 Å². The van der Waals surface area contributed by atoms with Crippen molar-refractivity contribution in [1.82, 2.24) is 15.1 Å². The van der Waals surface area contributed by atoms with E-state index >= 15 is 0 Å². The van der Waals surface area contributed by atoms with Crippen molar-refractivity contribution in [2.75, 3.05) is 40.3 Å². The fraction of sp³-hybridized carbons (Fsp3) is 0.409. The van der Waals surface area contributed by atoms with Crippen LogP contribution < -0.4 is 5.32 Å². The first-order valence-corrected chi connectivity index (χ1v) is 9.57. The van der Waals surface area contributed by atoms with Gasteiger partial charge in [0.05, 0.1) is 6.61 Å². The summed E-state index contributed by atoms with van der Waals surface area (Å²) in [5.41, 5.74) is 3.82. The minimum absolute atomic E-state index is 0.655. The molecule has 2 aromatic carbocycles. The van der Waals surface area contributed by atoms with Crippen LogP contribution in [0.15, 0.2) is 59.6 Å². The third-order valence-electron chi connectivity index (χ3n) is 4.92. The van der Waals surface area contributed by atoms with Crippen molar-refractivity contribution in [3.8, 4) is 0 Å². The molecular formula is C22H30N4O. The maximum absolute atomic E-state index is 5.16. The zero-order valence-corrected chi connectivity index (χ0v) is 16.4. The van der Waals surface area contributed by atoms with Crippen molar-refractivity contribution in [3.05, 3.63) is 71.3 Å². The number of nitrogens with one attached hydrogen (secondary N) is 1. The molecule has 0 spiro atoms. The van der Waals surface area contributed by atoms with Crippen molar-refractivity contribution < 1.29 is 4.74 Å². The van der Waals surface area contributed by atoms with E-state index in [2.05, 4.69) is 74.7 Å². The number of piperazine rings is 1. The first kappa shape index (κ1) is 19.4. The van der Waals surface area contributed by atoms with Crippen molar-refractivity contribution in [2.45, 2.75) is 19.7 Å². The molecule has 27 heavy (non-hydrogen) atoms. The van der Waals surface area contributed by atoms with Crippen molar-refractivity contribution in [3.63, 3.8) is 0 Å². The van der Waals surface area contributed by atoms with E-state index < -0.39 is 0 Å². The largest absolute Gasteiger partial charge is 0.380 e. The molecule has 0 amide bonds. The number of nitrogens with zero attached hydrogens (tertiary/aromatic N) is 3. The summed E-state index contributed by atoms with van der Waals surface area (Å²) in [6, 6.07) is 19.2. The Kier molecular flexibility index (Phi) is 7.25. The van der Waals surface area contributed by atoms with Crippen molar-refractivity contribution in [1.29, 1.82) is 0 Å². The van der Waals surface area contributed by atoms with E-state index in [1.54, 1.807) is 7.11 Å². The predicted molar refractivity (Wildman–Crippen MR) is 111 cm³/mol. The lowest BCUT2D eigenvalue weighted by Crippen LogP contribution is -2.52. The smallest absolute Gasteiger partial charge is 0.194 e. The van der Waals surface area contributed by atoms with E-state index in [0.717, 1.165) is 45.2 Å². The van der Waals surface area contributed by atoms with Gasteiger partial charge in [-0.2, -0.15) is 0 Å². The van der Waals surface area contributed by atoms with Crippen LogP contribution in [0.2, 0.25) is 0 Å². The SMILES string of the molecule is CN=C(NCc1ccc(COC)cc1)N1CCN(Cc2ccccc2)CC1. The van der Waals surface area contributed by atoms with Gasteiger partial charge in [0.25, 0.3) is 0 Å². The van der Waals surface area contributed by atoms with Crippen molar-refractivity contribution in [2.24, 2.45) is 4.99 Å².